The van der Waals surface area contributed by atoms with Gasteiger partial charge in [-0.05, 0) is 105 Å². The molecule has 0 aliphatic heterocycles. The maximum atomic E-state index is 2.67. The molecule has 0 radical (unpaired) electrons. The minimum atomic E-state index is 0.788. The summed E-state index contributed by atoms with van der Waals surface area (Å²) in [4.78, 5) is 0. The highest BCUT2D eigenvalue weighted by Gasteiger charge is 2.58. The van der Waals surface area contributed by atoms with Gasteiger partial charge in [-0.2, -0.15) is 0 Å². The molecule has 0 spiro atoms. The fraction of sp³-hybridized carbons (Fsp3) is 1.00. The predicted molar refractivity (Wildman–Crippen MR) is 87.9 cm³/mol. The van der Waals surface area contributed by atoms with E-state index in [1.165, 1.54) is 0 Å². The van der Waals surface area contributed by atoms with E-state index in [4.69, 9.17) is 0 Å². The van der Waals surface area contributed by atoms with Crippen molar-refractivity contribution in [2.24, 2.45) is 46.8 Å². The van der Waals surface area contributed by atoms with E-state index in [-0.39, 0.29) is 0 Å². The molecule has 5 saturated carbocycles. The molecule has 8 atom stereocenters. The third-order valence-electron chi connectivity index (χ3n) is 9.05. The number of hydrogen-bond acceptors (Lipinski definition) is 0. The maximum Gasteiger partial charge on any atom is -0.0289 e. The van der Waals surface area contributed by atoms with E-state index in [0.29, 0.717) is 0 Å². The van der Waals surface area contributed by atoms with E-state index in [2.05, 4.69) is 6.92 Å². The molecule has 5 aliphatic rings. The molecular formula is C21H34. The van der Waals surface area contributed by atoms with Crippen LogP contribution >= 0.6 is 0 Å². The maximum absolute atomic E-state index is 2.67. The summed E-state index contributed by atoms with van der Waals surface area (Å²) < 4.78 is 0. The third kappa shape index (κ3) is 2.14. The molecule has 0 aromatic rings. The topological polar surface area (TPSA) is 0 Å². The average molecular weight is 287 g/mol. The first-order chi connectivity index (χ1) is 10.2. The van der Waals surface area contributed by atoms with Crippen molar-refractivity contribution in [3.63, 3.8) is 0 Å². The molecule has 0 heteroatoms. The number of fused-ring (bicyclic) bond motifs is 5. The fourth-order valence-corrected chi connectivity index (χ4v) is 7.53. The summed E-state index contributed by atoms with van der Waals surface area (Å²) in [5.41, 5.74) is 0.788. The van der Waals surface area contributed by atoms with Crippen molar-refractivity contribution in [3.05, 3.63) is 0 Å². The van der Waals surface area contributed by atoms with E-state index < -0.39 is 0 Å². The first-order valence-corrected chi connectivity index (χ1v) is 10.2. The Labute approximate surface area is 131 Å². The van der Waals surface area contributed by atoms with Gasteiger partial charge in [-0.15, -0.1) is 0 Å². The lowest BCUT2D eigenvalue weighted by Crippen LogP contribution is -2.28. The summed E-state index contributed by atoms with van der Waals surface area (Å²) in [6, 6.07) is 0. The summed E-state index contributed by atoms with van der Waals surface area (Å²) in [5.74, 6) is 7.97. The van der Waals surface area contributed by atoms with Crippen LogP contribution in [0.2, 0.25) is 0 Å². The van der Waals surface area contributed by atoms with Crippen LogP contribution in [-0.4, -0.2) is 0 Å². The van der Waals surface area contributed by atoms with Crippen LogP contribution < -0.4 is 0 Å². The molecule has 118 valence electrons. The summed E-state index contributed by atoms with van der Waals surface area (Å²) in [6.45, 7) is 2.67. The zero-order chi connectivity index (χ0) is 14.0. The molecule has 5 aliphatic carbocycles. The minimum absolute atomic E-state index is 0.788. The smallest absolute Gasteiger partial charge is 0.0289 e. The summed E-state index contributed by atoms with van der Waals surface area (Å²) in [7, 11) is 0. The second-order valence-electron chi connectivity index (χ2n) is 10.0. The molecule has 5 fully saturated rings. The summed E-state index contributed by atoms with van der Waals surface area (Å²) >= 11 is 0. The monoisotopic (exact) mass is 286 g/mol. The van der Waals surface area contributed by atoms with Gasteiger partial charge in [0.25, 0.3) is 0 Å². The molecule has 0 heterocycles. The second-order valence-corrected chi connectivity index (χ2v) is 10.0. The molecular weight excluding hydrogens is 252 g/mol. The van der Waals surface area contributed by atoms with Gasteiger partial charge in [-0.25, -0.2) is 0 Å². The number of rotatable bonds is 0. The summed E-state index contributed by atoms with van der Waals surface area (Å²) in [5, 5.41) is 0. The van der Waals surface area contributed by atoms with Crippen LogP contribution in [0.3, 0.4) is 0 Å². The van der Waals surface area contributed by atoms with Crippen molar-refractivity contribution < 1.29 is 0 Å². The van der Waals surface area contributed by atoms with Crippen LogP contribution in [0.5, 0.6) is 0 Å². The third-order valence-corrected chi connectivity index (χ3v) is 9.05. The molecule has 0 nitrogen and oxygen atoms in total. The lowest BCUT2D eigenvalue weighted by molar-refractivity contribution is 0.123. The molecule has 8 unspecified atom stereocenters. The Morgan fingerprint density at radius 2 is 1.29 bits per heavy atom. The Balaban J connectivity index is 1.40. The predicted octanol–water partition coefficient (Wildman–Crippen LogP) is 6.06. The van der Waals surface area contributed by atoms with Crippen LogP contribution in [-0.2, 0) is 0 Å². The minimum Gasteiger partial charge on any atom is -0.0593 e. The largest absolute Gasteiger partial charge is 0.0593 e. The molecule has 0 aromatic heterocycles. The van der Waals surface area contributed by atoms with Gasteiger partial charge in [0.1, 0.15) is 0 Å². The fourth-order valence-electron chi connectivity index (χ4n) is 7.53. The van der Waals surface area contributed by atoms with Gasteiger partial charge >= 0.3 is 0 Å². The highest BCUT2D eigenvalue weighted by molar-refractivity contribution is 5.07. The standard InChI is InChI=1S/C21H34/c1-21-12-18-8-6-15(18)5-7-17-11-16-4-2-3-14(16)9-10-19(17)20(21)13-21/h14-20H,2-13H2,1H3. The summed E-state index contributed by atoms with van der Waals surface area (Å²) in [6.07, 6.45) is 19.2. The highest BCUT2D eigenvalue weighted by Crippen LogP contribution is 2.67. The normalized spacial score (nSPS) is 59.0. The van der Waals surface area contributed by atoms with E-state index in [1.54, 1.807) is 77.0 Å². The Bertz CT molecular complexity index is 412. The van der Waals surface area contributed by atoms with E-state index >= 15 is 0 Å². The van der Waals surface area contributed by atoms with E-state index in [1.807, 2.05) is 0 Å². The van der Waals surface area contributed by atoms with Gasteiger partial charge in [0.2, 0.25) is 0 Å². The number of hydrogen-bond donors (Lipinski definition) is 0. The lowest BCUT2D eigenvalue weighted by atomic mass is 9.67. The zero-order valence-electron chi connectivity index (χ0n) is 14.0. The van der Waals surface area contributed by atoms with Crippen LogP contribution in [0.15, 0.2) is 0 Å². The van der Waals surface area contributed by atoms with Crippen LogP contribution in [0.1, 0.15) is 84.0 Å². The SMILES string of the molecule is CC12CC3CCC3CCC3CC4CCCC4CCC3C1C2. The van der Waals surface area contributed by atoms with Crippen LogP contribution in [0.25, 0.3) is 0 Å². The van der Waals surface area contributed by atoms with Crippen molar-refractivity contribution in [1.29, 1.82) is 0 Å². The molecule has 0 aromatic carbocycles. The van der Waals surface area contributed by atoms with Crippen molar-refractivity contribution in [2.75, 3.05) is 0 Å². The van der Waals surface area contributed by atoms with Crippen LogP contribution in [0.4, 0.5) is 0 Å². The van der Waals surface area contributed by atoms with Crippen molar-refractivity contribution in [2.45, 2.75) is 84.0 Å². The Morgan fingerprint density at radius 1 is 0.619 bits per heavy atom. The molecule has 0 amide bonds. The van der Waals surface area contributed by atoms with Crippen molar-refractivity contribution in [3.8, 4) is 0 Å². The zero-order valence-corrected chi connectivity index (χ0v) is 14.0. The van der Waals surface area contributed by atoms with Gasteiger partial charge in [-0.1, -0.05) is 26.2 Å². The Kier molecular flexibility index (Phi) is 3.04. The lowest BCUT2D eigenvalue weighted by Gasteiger charge is -2.38. The average Bonchev–Trinajstić information content (AvgIpc) is 2.96. The van der Waals surface area contributed by atoms with E-state index in [0.717, 1.165) is 46.8 Å². The highest BCUT2D eigenvalue weighted by atomic mass is 14.6. The molecule has 0 bridgehead atoms. The molecule has 5 rings (SSSR count). The van der Waals surface area contributed by atoms with Crippen molar-refractivity contribution >= 4 is 0 Å². The molecule has 21 heavy (non-hydrogen) atoms. The quantitative estimate of drug-likeness (QED) is 0.508. The van der Waals surface area contributed by atoms with Gasteiger partial charge < -0.3 is 0 Å². The van der Waals surface area contributed by atoms with Crippen LogP contribution in [0, 0.1) is 46.8 Å². The van der Waals surface area contributed by atoms with Crippen molar-refractivity contribution in [1.82, 2.24) is 0 Å². The van der Waals surface area contributed by atoms with Gasteiger partial charge in [0.05, 0.1) is 0 Å². The first kappa shape index (κ1) is 13.4. The molecule has 0 saturated heterocycles. The van der Waals surface area contributed by atoms with E-state index in [9.17, 15) is 0 Å². The van der Waals surface area contributed by atoms with Gasteiger partial charge in [0, 0.05) is 0 Å². The first-order valence-electron chi connectivity index (χ1n) is 10.2. The second kappa shape index (κ2) is 4.75. The van der Waals surface area contributed by atoms with Gasteiger partial charge in [0.15, 0.2) is 0 Å². The Hall–Kier alpha value is 0. The molecule has 0 N–H and O–H groups in total. The Morgan fingerprint density at radius 3 is 2.14 bits per heavy atom. The van der Waals surface area contributed by atoms with Gasteiger partial charge in [-0.3, -0.25) is 0 Å².